The molecule has 0 radical (unpaired) electrons. The Morgan fingerprint density at radius 3 is 2.61 bits per heavy atom. The van der Waals surface area contributed by atoms with E-state index >= 15 is 0 Å². The van der Waals surface area contributed by atoms with Gasteiger partial charge in [-0.3, -0.25) is 0 Å². The highest BCUT2D eigenvalue weighted by molar-refractivity contribution is 5.51. The predicted molar refractivity (Wildman–Crippen MR) is 75.4 cm³/mol. The van der Waals surface area contributed by atoms with Gasteiger partial charge in [0.05, 0.1) is 13.3 Å². The third kappa shape index (κ3) is 2.67. The molecule has 0 saturated heterocycles. The number of rotatable bonds is 5. The second-order valence-electron chi connectivity index (χ2n) is 5.01. The summed E-state index contributed by atoms with van der Waals surface area (Å²) in [4.78, 5) is 2.36. The molecule has 2 rings (SSSR count). The number of aromatic nitrogens is 1. The largest absolute Gasteiger partial charge is 0.495 e. The quantitative estimate of drug-likeness (QED) is 0.807. The summed E-state index contributed by atoms with van der Waals surface area (Å²) in [5, 5.41) is 0. The number of hydrogen-bond acceptors (Lipinski definition) is 2. The lowest BCUT2D eigenvalue weighted by atomic mass is 10.2. The van der Waals surface area contributed by atoms with Crippen LogP contribution in [-0.2, 0) is 6.42 Å². The van der Waals surface area contributed by atoms with Gasteiger partial charge in [-0.15, -0.1) is 0 Å². The lowest BCUT2D eigenvalue weighted by Crippen LogP contribution is -2.28. The third-order valence-corrected chi connectivity index (χ3v) is 3.55. The normalized spacial score (nSPS) is 11.7. The van der Waals surface area contributed by atoms with E-state index in [9.17, 15) is 0 Å². The first kappa shape index (κ1) is 13.0. The maximum Gasteiger partial charge on any atom is 0.135 e. The minimum Gasteiger partial charge on any atom is -0.495 e. The van der Waals surface area contributed by atoms with Crippen molar-refractivity contribution in [1.29, 1.82) is 0 Å². The molecule has 2 aromatic heterocycles. The van der Waals surface area contributed by atoms with Crippen LogP contribution in [0.15, 0.2) is 30.5 Å². The molecule has 0 aliphatic heterocycles. The zero-order valence-corrected chi connectivity index (χ0v) is 11.7. The van der Waals surface area contributed by atoms with Gasteiger partial charge in [0.15, 0.2) is 0 Å². The van der Waals surface area contributed by atoms with Crippen LogP contribution in [0.4, 0.5) is 0 Å². The summed E-state index contributed by atoms with van der Waals surface area (Å²) in [6.07, 6.45) is 3.11. The topological polar surface area (TPSA) is 16.9 Å². The Labute approximate surface area is 109 Å². The van der Waals surface area contributed by atoms with Gasteiger partial charge in [-0.25, -0.2) is 0 Å². The van der Waals surface area contributed by atoms with E-state index in [-0.39, 0.29) is 0 Å². The molecule has 18 heavy (non-hydrogen) atoms. The number of pyridine rings is 1. The molecule has 0 saturated carbocycles. The molecule has 0 atom stereocenters. The fourth-order valence-electron chi connectivity index (χ4n) is 2.01. The molecule has 0 fully saturated rings. The number of fused-ring (bicyclic) bond motifs is 1. The first-order valence-corrected chi connectivity index (χ1v) is 6.46. The van der Waals surface area contributed by atoms with E-state index in [0.29, 0.717) is 6.04 Å². The van der Waals surface area contributed by atoms with E-state index in [1.54, 1.807) is 7.11 Å². The van der Waals surface area contributed by atoms with Gasteiger partial charge in [-0.2, -0.15) is 0 Å². The first-order chi connectivity index (χ1) is 8.61. The maximum atomic E-state index is 5.28. The number of hydrogen-bond donors (Lipinski definition) is 0. The Morgan fingerprint density at radius 1 is 1.22 bits per heavy atom. The first-order valence-electron chi connectivity index (χ1n) is 6.46. The molecule has 3 heteroatoms. The van der Waals surface area contributed by atoms with Crippen molar-refractivity contribution >= 4 is 5.52 Å². The van der Waals surface area contributed by atoms with Crippen LogP contribution in [0.2, 0.25) is 0 Å². The number of methoxy groups -OCH3 is 1. The Morgan fingerprint density at radius 2 is 1.94 bits per heavy atom. The fourth-order valence-corrected chi connectivity index (χ4v) is 2.01. The third-order valence-electron chi connectivity index (χ3n) is 3.55. The molecule has 0 amide bonds. The van der Waals surface area contributed by atoms with Crippen molar-refractivity contribution in [3.63, 3.8) is 0 Å². The summed E-state index contributed by atoms with van der Waals surface area (Å²) in [6.45, 7) is 5.51. The average Bonchev–Trinajstić information content (AvgIpc) is 2.77. The van der Waals surface area contributed by atoms with Gasteiger partial charge in [-0.05, 0) is 45.2 Å². The molecule has 0 unspecified atom stereocenters. The summed E-state index contributed by atoms with van der Waals surface area (Å²) in [7, 11) is 3.87. The van der Waals surface area contributed by atoms with E-state index in [4.69, 9.17) is 4.74 Å². The predicted octanol–water partition coefficient (Wildman–Crippen LogP) is 2.83. The van der Waals surface area contributed by atoms with Gasteiger partial charge in [-0.1, -0.05) is 0 Å². The molecule has 0 aliphatic rings. The Bertz CT molecular complexity index is 516. The summed E-state index contributed by atoms with van der Waals surface area (Å²) in [5.74, 6) is 0.900. The molecular weight excluding hydrogens is 224 g/mol. The SMILES string of the molecule is COc1ccc2ccc(CCN(C)C(C)C)n2c1. The monoisotopic (exact) mass is 246 g/mol. The number of ether oxygens (including phenoxy) is 1. The van der Waals surface area contributed by atoms with Crippen molar-refractivity contribution in [2.75, 3.05) is 20.7 Å². The average molecular weight is 246 g/mol. The smallest absolute Gasteiger partial charge is 0.135 e. The van der Waals surface area contributed by atoms with Crippen molar-refractivity contribution in [3.8, 4) is 5.75 Å². The van der Waals surface area contributed by atoms with Gasteiger partial charge < -0.3 is 14.0 Å². The zero-order chi connectivity index (χ0) is 13.1. The molecule has 0 aromatic carbocycles. The van der Waals surface area contributed by atoms with E-state index in [2.05, 4.69) is 54.6 Å². The highest BCUT2D eigenvalue weighted by Crippen LogP contribution is 2.17. The molecule has 98 valence electrons. The van der Waals surface area contributed by atoms with E-state index in [1.165, 1.54) is 11.2 Å². The highest BCUT2D eigenvalue weighted by atomic mass is 16.5. The van der Waals surface area contributed by atoms with Crippen LogP contribution in [0.1, 0.15) is 19.5 Å². The van der Waals surface area contributed by atoms with Gasteiger partial charge in [0, 0.05) is 30.2 Å². The van der Waals surface area contributed by atoms with E-state index in [1.807, 2.05) is 6.07 Å². The fraction of sp³-hybridized carbons (Fsp3) is 0.467. The summed E-state index contributed by atoms with van der Waals surface area (Å²) in [5.41, 5.74) is 2.55. The Kier molecular flexibility index (Phi) is 3.92. The summed E-state index contributed by atoms with van der Waals surface area (Å²) >= 11 is 0. The molecule has 3 nitrogen and oxygen atoms in total. The van der Waals surface area contributed by atoms with Crippen LogP contribution in [-0.4, -0.2) is 36.0 Å². The van der Waals surface area contributed by atoms with Crippen molar-refractivity contribution in [1.82, 2.24) is 9.30 Å². The Hall–Kier alpha value is -1.48. The van der Waals surface area contributed by atoms with Crippen molar-refractivity contribution < 1.29 is 4.74 Å². The standard InChI is InChI=1S/C15H22N2O/c1-12(2)16(3)10-9-14-6-5-13-7-8-15(18-4)11-17(13)14/h5-8,11-12H,9-10H2,1-4H3. The van der Waals surface area contributed by atoms with Crippen LogP contribution in [0.5, 0.6) is 5.75 Å². The van der Waals surface area contributed by atoms with Crippen molar-refractivity contribution in [2.24, 2.45) is 0 Å². The zero-order valence-electron chi connectivity index (χ0n) is 11.7. The summed E-state index contributed by atoms with van der Waals surface area (Å²) in [6, 6.07) is 9.03. The Balaban J connectivity index is 2.18. The van der Waals surface area contributed by atoms with Crippen molar-refractivity contribution in [2.45, 2.75) is 26.3 Å². The molecule has 0 bridgehead atoms. The molecule has 0 N–H and O–H groups in total. The molecule has 0 aliphatic carbocycles. The molecule has 2 heterocycles. The lowest BCUT2D eigenvalue weighted by molar-refractivity contribution is 0.276. The van der Waals surface area contributed by atoms with Crippen molar-refractivity contribution in [3.05, 3.63) is 36.2 Å². The van der Waals surface area contributed by atoms with E-state index in [0.717, 1.165) is 18.7 Å². The van der Waals surface area contributed by atoms with Gasteiger partial charge in [0.25, 0.3) is 0 Å². The second kappa shape index (κ2) is 5.44. The highest BCUT2D eigenvalue weighted by Gasteiger charge is 2.06. The van der Waals surface area contributed by atoms with Crippen LogP contribution < -0.4 is 4.74 Å². The minimum atomic E-state index is 0.589. The van der Waals surface area contributed by atoms with Gasteiger partial charge >= 0.3 is 0 Å². The van der Waals surface area contributed by atoms with Crippen LogP contribution in [0, 0.1) is 0 Å². The number of likely N-dealkylation sites (N-methyl/N-ethyl adjacent to an activating group) is 1. The van der Waals surface area contributed by atoms with Crippen LogP contribution in [0.25, 0.3) is 5.52 Å². The van der Waals surface area contributed by atoms with Crippen LogP contribution in [0.3, 0.4) is 0 Å². The van der Waals surface area contributed by atoms with E-state index < -0.39 is 0 Å². The molecule has 0 spiro atoms. The summed E-state index contributed by atoms with van der Waals surface area (Å²) < 4.78 is 7.49. The minimum absolute atomic E-state index is 0.589. The van der Waals surface area contributed by atoms with Crippen LogP contribution >= 0.6 is 0 Å². The molecule has 2 aromatic rings. The maximum absolute atomic E-state index is 5.28. The number of nitrogens with zero attached hydrogens (tertiary/aromatic N) is 2. The lowest BCUT2D eigenvalue weighted by Gasteiger charge is -2.20. The van der Waals surface area contributed by atoms with Gasteiger partial charge in [0.1, 0.15) is 5.75 Å². The van der Waals surface area contributed by atoms with Gasteiger partial charge in [0.2, 0.25) is 0 Å². The molecular formula is C15H22N2O. The second-order valence-corrected chi connectivity index (χ2v) is 5.01.